The second-order valence-electron chi connectivity index (χ2n) is 3.89. The van der Waals surface area contributed by atoms with E-state index in [9.17, 15) is 16.8 Å². The second-order valence-corrected chi connectivity index (χ2v) is 7.18. The Bertz CT molecular complexity index is 461. The van der Waals surface area contributed by atoms with Crippen LogP contribution in [-0.2, 0) is 28.6 Å². The smallest absolute Gasteiger partial charge is 0.264 e. The summed E-state index contributed by atoms with van der Waals surface area (Å²) in [6.45, 7) is 1.91. The largest absolute Gasteiger partial charge is 0.270 e. The van der Waals surface area contributed by atoms with Gasteiger partial charge in [0.2, 0.25) is 0 Å². The average Bonchev–Trinajstić information content (AvgIpc) is 2.18. The summed E-state index contributed by atoms with van der Waals surface area (Å²) >= 11 is 0. The van der Waals surface area contributed by atoms with Gasteiger partial charge in [0.25, 0.3) is 20.2 Å². The van der Waals surface area contributed by atoms with Crippen molar-refractivity contribution in [3.05, 3.63) is 11.6 Å². The predicted molar refractivity (Wildman–Crippen MR) is 69.2 cm³/mol. The first-order valence-corrected chi connectivity index (χ1v) is 9.14. The zero-order valence-corrected chi connectivity index (χ0v) is 12.5. The van der Waals surface area contributed by atoms with Crippen LogP contribution in [0.5, 0.6) is 0 Å². The Morgan fingerprint density at radius 3 is 2.06 bits per heavy atom. The molecule has 0 rings (SSSR count). The zero-order valence-electron chi connectivity index (χ0n) is 10.9. The highest BCUT2D eigenvalue weighted by molar-refractivity contribution is 7.86. The zero-order chi connectivity index (χ0) is 14.2. The van der Waals surface area contributed by atoms with Crippen molar-refractivity contribution in [1.82, 2.24) is 0 Å². The van der Waals surface area contributed by atoms with Crippen LogP contribution in [0.15, 0.2) is 11.6 Å². The fourth-order valence-corrected chi connectivity index (χ4v) is 1.84. The molecule has 0 aliphatic carbocycles. The topological polar surface area (TPSA) is 86.7 Å². The summed E-state index contributed by atoms with van der Waals surface area (Å²) in [4.78, 5) is 0. The van der Waals surface area contributed by atoms with E-state index in [4.69, 9.17) is 0 Å². The number of rotatable bonds is 9. The molecule has 0 N–H and O–H groups in total. The molecule has 0 atom stereocenters. The maximum Gasteiger partial charge on any atom is 0.264 e. The summed E-state index contributed by atoms with van der Waals surface area (Å²) in [5, 5.41) is 0. The van der Waals surface area contributed by atoms with Crippen LogP contribution < -0.4 is 0 Å². The lowest BCUT2D eigenvalue weighted by atomic mass is 10.1. The van der Waals surface area contributed by atoms with Crippen molar-refractivity contribution in [1.29, 1.82) is 0 Å². The van der Waals surface area contributed by atoms with Gasteiger partial charge in [-0.2, -0.15) is 16.8 Å². The summed E-state index contributed by atoms with van der Waals surface area (Å²) < 4.78 is 52.6. The van der Waals surface area contributed by atoms with Crippen LogP contribution in [0.1, 0.15) is 26.2 Å². The van der Waals surface area contributed by atoms with E-state index in [2.05, 4.69) is 8.37 Å². The van der Waals surface area contributed by atoms with Gasteiger partial charge < -0.3 is 0 Å². The van der Waals surface area contributed by atoms with Gasteiger partial charge in [-0.25, -0.2) is 0 Å². The molecule has 18 heavy (non-hydrogen) atoms. The van der Waals surface area contributed by atoms with Crippen molar-refractivity contribution in [2.75, 3.05) is 25.7 Å². The van der Waals surface area contributed by atoms with Crippen molar-refractivity contribution in [2.45, 2.75) is 26.2 Å². The molecule has 0 bridgehead atoms. The fraction of sp³-hybridized carbons (Fsp3) is 0.800. The minimum atomic E-state index is -3.50. The molecule has 0 spiro atoms. The van der Waals surface area contributed by atoms with E-state index in [1.807, 2.05) is 13.0 Å². The molecule has 108 valence electrons. The van der Waals surface area contributed by atoms with E-state index >= 15 is 0 Å². The van der Waals surface area contributed by atoms with Crippen molar-refractivity contribution in [2.24, 2.45) is 0 Å². The lowest BCUT2D eigenvalue weighted by molar-refractivity contribution is 0.306. The van der Waals surface area contributed by atoms with Crippen LogP contribution in [0.3, 0.4) is 0 Å². The first kappa shape index (κ1) is 17.6. The number of allylic oxidation sites excluding steroid dienone is 1. The summed E-state index contributed by atoms with van der Waals surface area (Å²) in [5.41, 5.74) is 0.714. The van der Waals surface area contributed by atoms with Gasteiger partial charge in [0, 0.05) is 0 Å². The van der Waals surface area contributed by atoms with Gasteiger partial charge in [0.05, 0.1) is 25.7 Å². The number of hydrogen-bond acceptors (Lipinski definition) is 6. The molecule has 0 heterocycles. The van der Waals surface area contributed by atoms with Crippen LogP contribution in [0.4, 0.5) is 0 Å². The van der Waals surface area contributed by atoms with Gasteiger partial charge in [-0.1, -0.05) is 19.4 Å². The molecular formula is C10H20O6S2. The molecule has 0 aromatic heterocycles. The monoisotopic (exact) mass is 300 g/mol. The Hall–Kier alpha value is -0.440. The van der Waals surface area contributed by atoms with E-state index in [-0.39, 0.29) is 13.2 Å². The molecule has 0 fully saturated rings. The van der Waals surface area contributed by atoms with Gasteiger partial charge in [0.15, 0.2) is 0 Å². The highest BCUT2D eigenvalue weighted by Crippen LogP contribution is 2.08. The molecule has 0 aromatic carbocycles. The lowest BCUT2D eigenvalue weighted by Gasteiger charge is -2.07. The normalized spacial score (nSPS) is 13.8. The number of hydrogen-bond donors (Lipinski definition) is 0. The first-order chi connectivity index (χ1) is 8.14. The Balaban J connectivity index is 4.33. The third-order valence-electron chi connectivity index (χ3n) is 1.90. The van der Waals surface area contributed by atoms with Gasteiger partial charge in [0.1, 0.15) is 0 Å². The van der Waals surface area contributed by atoms with Crippen LogP contribution in [0.25, 0.3) is 0 Å². The molecule has 0 aliphatic heterocycles. The maximum absolute atomic E-state index is 10.9. The summed E-state index contributed by atoms with van der Waals surface area (Å²) in [6, 6.07) is 0. The average molecular weight is 300 g/mol. The van der Waals surface area contributed by atoms with E-state index in [1.165, 1.54) is 0 Å². The fourth-order valence-electron chi connectivity index (χ4n) is 1.09. The standard InChI is InChI=1S/C10H20O6S2/c1-4-5-6-10(9-16-18(3,13)14)7-8-15-17(2,11)12/h6H,4-5,7-9H2,1-3H3/b10-6+. The van der Waals surface area contributed by atoms with Crippen molar-refractivity contribution >= 4 is 20.2 Å². The van der Waals surface area contributed by atoms with Gasteiger partial charge >= 0.3 is 0 Å². The minimum absolute atomic E-state index is 0.0124. The van der Waals surface area contributed by atoms with Crippen molar-refractivity contribution < 1.29 is 25.2 Å². The third kappa shape index (κ3) is 12.0. The van der Waals surface area contributed by atoms with Gasteiger partial charge in [-0.15, -0.1) is 0 Å². The second kappa shape index (κ2) is 7.88. The lowest BCUT2D eigenvalue weighted by Crippen LogP contribution is -2.10. The van der Waals surface area contributed by atoms with Crippen molar-refractivity contribution in [3.8, 4) is 0 Å². The Morgan fingerprint density at radius 1 is 1.06 bits per heavy atom. The van der Waals surface area contributed by atoms with Crippen LogP contribution in [0.2, 0.25) is 0 Å². The quantitative estimate of drug-likeness (QED) is 0.467. The highest BCUT2D eigenvalue weighted by atomic mass is 32.2. The third-order valence-corrected chi connectivity index (χ3v) is 3.04. The molecule has 8 heteroatoms. The SMILES string of the molecule is CCC/C=C(\CCOS(C)(=O)=O)COS(C)(=O)=O. The van der Waals surface area contributed by atoms with E-state index < -0.39 is 20.2 Å². The predicted octanol–water partition coefficient (Wildman–Crippen LogP) is 1.06. The molecule has 6 nitrogen and oxygen atoms in total. The molecular weight excluding hydrogens is 280 g/mol. The van der Waals surface area contributed by atoms with E-state index in [1.54, 1.807) is 0 Å². The van der Waals surface area contributed by atoms with Crippen LogP contribution >= 0.6 is 0 Å². The Morgan fingerprint density at radius 2 is 1.61 bits per heavy atom. The number of unbranched alkanes of at least 4 members (excludes halogenated alkanes) is 1. The van der Waals surface area contributed by atoms with Crippen LogP contribution in [-0.4, -0.2) is 42.6 Å². The molecule has 0 unspecified atom stereocenters. The first-order valence-electron chi connectivity index (χ1n) is 5.50. The molecule has 0 saturated heterocycles. The molecule has 0 aromatic rings. The van der Waals surface area contributed by atoms with Crippen molar-refractivity contribution in [3.63, 3.8) is 0 Å². The molecule has 0 aliphatic rings. The van der Waals surface area contributed by atoms with E-state index in [0.29, 0.717) is 12.0 Å². The summed E-state index contributed by atoms with van der Waals surface area (Å²) in [6.07, 6.45) is 5.79. The molecule has 0 amide bonds. The summed E-state index contributed by atoms with van der Waals surface area (Å²) in [5.74, 6) is 0. The van der Waals surface area contributed by atoms with E-state index in [0.717, 1.165) is 25.4 Å². The van der Waals surface area contributed by atoms with Gasteiger partial charge in [-0.05, 0) is 18.4 Å². The Kier molecular flexibility index (Phi) is 7.69. The minimum Gasteiger partial charge on any atom is -0.270 e. The Labute approximate surface area is 109 Å². The van der Waals surface area contributed by atoms with Gasteiger partial charge in [-0.3, -0.25) is 8.37 Å². The summed E-state index contributed by atoms with van der Waals surface area (Å²) in [7, 11) is -6.97. The molecule has 0 radical (unpaired) electrons. The van der Waals surface area contributed by atoms with Crippen LogP contribution in [0, 0.1) is 0 Å². The molecule has 0 saturated carbocycles. The maximum atomic E-state index is 10.9. The highest BCUT2D eigenvalue weighted by Gasteiger charge is 2.07.